The maximum Gasteiger partial charge on any atom is 0.253 e. The van der Waals surface area contributed by atoms with Crippen LogP contribution in [0.4, 0.5) is 0 Å². The van der Waals surface area contributed by atoms with Gasteiger partial charge in [-0.15, -0.1) is 0 Å². The van der Waals surface area contributed by atoms with E-state index in [4.69, 9.17) is 5.73 Å². The van der Waals surface area contributed by atoms with E-state index in [1.807, 2.05) is 6.92 Å². The molecule has 0 aliphatic heterocycles. The Bertz CT molecular complexity index is 460. The molecule has 1 aromatic carbocycles. The Balaban J connectivity index is 2.67. The van der Waals surface area contributed by atoms with E-state index in [0.29, 0.717) is 30.8 Å². The van der Waals surface area contributed by atoms with Gasteiger partial charge in [-0.1, -0.05) is 6.07 Å². The van der Waals surface area contributed by atoms with Crippen LogP contribution in [0.3, 0.4) is 0 Å². The van der Waals surface area contributed by atoms with Gasteiger partial charge in [0.25, 0.3) is 11.8 Å². The Morgan fingerprint density at radius 2 is 1.95 bits per heavy atom. The summed E-state index contributed by atoms with van der Waals surface area (Å²) in [6.45, 7) is 3.77. The predicted molar refractivity (Wildman–Crippen MR) is 79.7 cm³/mol. The summed E-state index contributed by atoms with van der Waals surface area (Å²) in [6, 6.07) is 6.79. The zero-order valence-corrected chi connectivity index (χ0v) is 12.2. The minimum Gasteiger partial charge on any atom is -0.352 e. The molecule has 0 saturated carbocycles. The third-order valence-electron chi connectivity index (χ3n) is 3.11. The van der Waals surface area contributed by atoms with Crippen molar-refractivity contribution in [3.8, 4) is 0 Å². The summed E-state index contributed by atoms with van der Waals surface area (Å²) in [5.74, 6) is -0.235. The number of benzene rings is 1. The first-order valence-electron chi connectivity index (χ1n) is 6.94. The molecule has 3 N–H and O–H groups in total. The molecule has 5 nitrogen and oxygen atoms in total. The summed E-state index contributed by atoms with van der Waals surface area (Å²) in [4.78, 5) is 25.6. The normalized spacial score (nSPS) is 10.2. The number of nitrogens with zero attached hydrogens (tertiary/aromatic N) is 1. The molecule has 0 fully saturated rings. The van der Waals surface area contributed by atoms with Crippen molar-refractivity contribution in [2.45, 2.75) is 19.8 Å². The molecule has 0 aromatic heterocycles. The number of nitrogens with two attached hydrogens (primary N) is 1. The fourth-order valence-corrected chi connectivity index (χ4v) is 1.73. The molecule has 0 bridgehead atoms. The highest BCUT2D eigenvalue weighted by molar-refractivity contribution is 5.99. The maximum atomic E-state index is 12.0. The van der Waals surface area contributed by atoms with Crippen LogP contribution in [-0.2, 0) is 0 Å². The SMILES string of the molecule is CCN(C)C(=O)c1cccc(C(=O)NCCCCN)c1. The number of rotatable bonds is 7. The van der Waals surface area contributed by atoms with E-state index in [2.05, 4.69) is 5.32 Å². The van der Waals surface area contributed by atoms with Crippen molar-refractivity contribution < 1.29 is 9.59 Å². The second kappa shape index (κ2) is 8.32. The average Bonchev–Trinajstić information content (AvgIpc) is 2.49. The summed E-state index contributed by atoms with van der Waals surface area (Å²) in [5, 5.41) is 2.82. The first-order valence-corrected chi connectivity index (χ1v) is 6.94. The van der Waals surface area contributed by atoms with Gasteiger partial charge >= 0.3 is 0 Å². The first-order chi connectivity index (χ1) is 9.60. The van der Waals surface area contributed by atoms with E-state index >= 15 is 0 Å². The molecule has 0 unspecified atom stereocenters. The lowest BCUT2D eigenvalue weighted by Crippen LogP contribution is -2.27. The van der Waals surface area contributed by atoms with Crippen molar-refractivity contribution in [2.24, 2.45) is 5.73 Å². The molecule has 0 saturated heterocycles. The average molecular weight is 277 g/mol. The van der Waals surface area contributed by atoms with Crippen molar-refractivity contribution in [2.75, 3.05) is 26.7 Å². The van der Waals surface area contributed by atoms with Gasteiger partial charge in [-0.25, -0.2) is 0 Å². The van der Waals surface area contributed by atoms with Crippen molar-refractivity contribution in [3.05, 3.63) is 35.4 Å². The Morgan fingerprint density at radius 1 is 1.25 bits per heavy atom. The Kier molecular flexibility index (Phi) is 6.73. The molecule has 0 heterocycles. The van der Waals surface area contributed by atoms with E-state index in [0.717, 1.165) is 12.8 Å². The maximum absolute atomic E-state index is 12.0. The second-order valence-electron chi connectivity index (χ2n) is 4.65. The predicted octanol–water partition coefficient (Wildman–Crippen LogP) is 1.25. The lowest BCUT2D eigenvalue weighted by atomic mass is 10.1. The number of unbranched alkanes of at least 4 members (excludes halogenated alkanes) is 1. The molecule has 5 heteroatoms. The Hall–Kier alpha value is -1.88. The van der Waals surface area contributed by atoms with Crippen LogP contribution in [0.5, 0.6) is 0 Å². The minimum absolute atomic E-state index is 0.0784. The highest BCUT2D eigenvalue weighted by Crippen LogP contribution is 2.08. The largest absolute Gasteiger partial charge is 0.352 e. The van der Waals surface area contributed by atoms with Crippen LogP contribution in [-0.4, -0.2) is 43.4 Å². The summed E-state index contributed by atoms with van der Waals surface area (Å²) >= 11 is 0. The fourth-order valence-electron chi connectivity index (χ4n) is 1.73. The van der Waals surface area contributed by atoms with Gasteiger partial charge in [0.05, 0.1) is 0 Å². The standard InChI is InChI=1S/C15H23N3O2/c1-3-18(2)15(20)13-8-6-7-12(11-13)14(19)17-10-5-4-9-16/h6-8,11H,3-5,9-10,16H2,1-2H3,(H,17,19). The molecule has 110 valence electrons. The third-order valence-corrected chi connectivity index (χ3v) is 3.11. The van der Waals surface area contributed by atoms with E-state index in [9.17, 15) is 9.59 Å². The van der Waals surface area contributed by atoms with Gasteiger partial charge in [-0.3, -0.25) is 9.59 Å². The molecule has 1 rings (SSSR count). The molecule has 2 amide bonds. The zero-order valence-electron chi connectivity index (χ0n) is 12.2. The van der Waals surface area contributed by atoms with Gasteiger partial charge in [-0.05, 0) is 44.5 Å². The molecule has 20 heavy (non-hydrogen) atoms. The van der Waals surface area contributed by atoms with E-state index in [-0.39, 0.29) is 11.8 Å². The number of amides is 2. The van der Waals surface area contributed by atoms with Crippen LogP contribution < -0.4 is 11.1 Å². The fraction of sp³-hybridized carbons (Fsp3) is 0.467. The van der Waals surface area contributed by atoms with Gasteiger partial charge < -0.3 is 16.0 Å². The van der Waals surface area contributed by atoms with Crippen LogP contribution in [0.2, 0.25) is 0 Å². The summed E-state index contributed by atoms with van der Waals surface area (Å²) < 4.78 is 0. The second-order valence-corrected chi connectivity index (χ2v) is 4.65. The summed E-state index contributed by atoms with van der Waals surface area (Å²) in [6.07, 6.45) is 1.75. The third kappa shape index (κ3) is 4.66. The van der Waals surface area contributed by atoms with Crippen LogP contribution >= 0.6 is 0 Å². The van der Waals surface area contributed by atoms with E-state index in [1.54, 1.807) is 36.2 Å². The molecule has 0 spiro atoms. The summed E-state index contributed by atoms with van der Waals surface area (Å²) in [7, 11) is 1.74. The van der Waals surface area contributed by atoms with Crippen molar-refractivity contribution >= 4 is 11.8 Å². The van der Waals surface area contributed by atoms with Crippen molar-refractivity contribution in [1.29, 1.82) is 0 Å². The van der Waals surface area contributed by atoms with E-state index < -0.39 is 0 Å². The molecular formula is C15H23N3O2. The van der Waals surface area contributed by atoms with E-state index in [1.165, 1.54) is 0 Å². The quantitative estimate of drug-likeness (QED) is 0.736. The number of hydrogen-bond acceptors (Lipinski definition) is 3. The number of hydrogen-bond donors (Lipinski definition) is 2. The zero-order chi connectivity index (χ0) is 15.0. The number of carbonyl (C=O) groups excluding carboxylic acids is 2. The monoisotopic (exact) mass is 277 g/mol. The molecule has 1 aromatic rings. The van der Waals surface area contributed by atoms with Crippen LogP contribution in [0.25, 0.3) is 0 Å². The Morgan fingerprint density at radius 3 is 2.60 bits per heavy atom. The van der Waals surface area contributed by atoms with Gasteiger partial charge in [0, 0.05) is 31.3 Å². The highest BCUT2D eigenvalue weighted by atomic mass is 16.2. The van der Waals surface area contributed by atoms with Gasteiger partial charge in [-0.2, -0.15) is 0 Å². The molecule has 0 radical (unpaired) electrons. The first kappa shape index (κ1) is 16.2. The topological polar surface area (TPSA) is 75.4 Å². The van der Waals surface area contributed by atoms with Gasteiger partial charge in [0.2, 0.25) is 0 Å². The molecular weight excluding hydrogens is 254 g/mol. The van der Waals surface area contributed by atoms with Crippen molar-refractivity contribution in [3.63, 3.8) is 0 Å². The molecule has 0 aliphatic rings. The number of carbonyl (C=O) groups is 2. The molecule has 0 atom stereocenters. The van der Waals surface area contributed by atoms with Crippen LogP contribution in [0.1, 0.15) is 40.5 Å². The van der Waals surface area contributed by atoms with Crippen LogP contribution in [0.15, 0.2) is 24.3 Å². The minimum atomic E-state index is -0.157. The lowest BCUT2D eigenvalue weighted by Gasteiger charge is -2.14. The number of nitrogens with one attached hydrogen (secondary N) is 1. The van der Waals surface area contributed by atoms with Crippen LogP contribution in [0, 0.1) is 0 Å². The molecule has 0 aliphatic carbocycles. The smallest absolute Gasteiger partial charge is 0.253 e. The highest BCUT2D eigenvalue weighted by Gasteiger charge is 2.12. The summed E-state index contributed by atoms with van der Waals surface area (Å²) in [5.41, 5.74) is 6.44. The lowest BCUT2D eigenvalue weighted by molar-refractivity contribution is 0.0802. The van der Waals surface area contributed by atoms with Crippen molar-refractivity contribution in [1.82, 2.24) is 10.2 Å². The van der Waals surface area contributed by atoms with Gasteiger partial charge in [0.15, 0.2) is 0 Å². The Labute approximate surface area is 120 Å². The van der Waals surface area contributed by atoms with Gasteiger partial charge in [0.1, 0.15) is 0 Å².